The van der Waals surface area contributed by atoms with Gasteiger partial charge < -0.3 is 4.57 Å². The van der Waals surface area contributed by atoms with E-state index in [4.69, 9.17) is 72.7 Å². The van der Waals surface area contributed by atoms with Gasteiger partial charge in [-0.2, -0.15) is 0 Å². The molecule has 11 aromatic rings. The van der Waals surface area contributed by atoms with Crippen LogP contribution in [0.2, 0.25) is 0 Å². The van der Waals surface area contributed by atoms with E-state index in [0.29, 0.717) is 27.6 Å². The predicted molar refractivity (Wildman–Crippen MR) is 290 cm³/mol. The first kappa shape index (κ1) is 42.3. The van der Waals surface area contributed by atoms with Crippen LogP contribution in [0.15, 0.2) is 176 Å². The maximum absolute atomic E-state index is 6.67. The fraction of sp³-hybridized carbons (Fsp3) is 0. The molecule has 3 nitrogen and oxygen atoms in total. The van der Waals surface area contributed by atoms with Gasteiger partial charge in [-0.05, 0) is 73.1 Å². The van der Waals surface area contributed by atoms with Crippen LogP contribution in [0.1, 0.15) is 0 Å². The van der Waals surface area contributed by atoms with Crippen LogP contribution < -0.4 is 43.7 Å². The van der Waals surface area contributed by atoms with Gasteiger partial charge in [-0.3, -0.25) is 0 Å². The lowest BCUT2D eigenvalue weighted by molar-refractivity contribution is 1.18. The molecule has 11 rings (SSSR count). The molecule has 0 unspecified atom stereocenters. The SMILES string of the molecule is [B]c1c([B])c([B])c2c(c1[B])c1c([B])c([B])c([B])c([B])c1n2-c1ccc(-c2ccc(-c3ccc(-c4cc(-c5ccc(-c6ccccc6)cc5)nc(-c5ccccc5)n4)c4ccccc34)cc2)cc1. The molecular formula is C56H29B8N3. The van der Waals surface area contributed by atoms with Crippen LogP contribution in [0.25, 0.3) is 106 Å². The van der Waals surface area contributed by atoms with Crippen molar-refractivity contribution in [2.45, 2.75) is 0 Å². The lowest BCUT2D eigenvalue weighted by atomic mass is 9.63. The molecule has 16 radical (unpaired) electrons. The number of rotatable bonds is 7. The minimum Gasteiger partial charge on any atom is -0.311 e. The number of nitrogens with zero attached hydrogens (tertiary/aromatic N) is 3. The van der Waals surface area contributed by atoms with Crippen LogP contribution in [-0.2, 0) is 0 Å². The van der Waals surface area contributed by atoms with Crippen LogP contribution in [0.5, 0.6) is 0 Å². The van der Waals surface area contributed by atoms with Crippen molar-refractivity contribution in [3.05, 3.63) is 176 Å². The molecule has 67 heavy (non-hydrogen) atoms. The molecule has 2 heterocycles. The van der Waals surface area contributed by atoms with Crippen LogP contribution in [0.3, 0.4) is 0 Å². The molecule has 2 aromatic heterocycles. The van der Waals surface area contributed by atoms with Crippen molar-refractivity contribution in [2.75, 3.05) is 0 Å². The zero-order valence-electron chi connectivity index (χ0n) is 36.2. The van der Waals surface area contributed by atoms with Gasteiger partial charge >= 0.3 is 0 Å². The first-order valence-corrected chi connectivity index (χ1v) is 21.7. The van der Waals surface area contributed by atoms with Crippen LogP contribution in [-0.4, -0.2) is 77.3 Å². The van der Waals surface area contributed by atoms with Crippen LogP contribution >= 0.6 is 0 Å². The highest BCUT2D eigenvalue weighted by atomic mass is 15.0. The lowest BCUT2D eigenvalue weighted by Crippen LogP contribution is -2.49. The summed E-state index contributed by atoms with van der Waals surface area (Å²) < 4.78 is 1.86. The average molecular weight is 830 g/mol. The molecule has 0 N–H and O–H groups in total. The van der Waals surface area contributed by atoms with Crippen molar-refractivity contribution in [1.82, 2.24) is 14.5 Å². The molecule has 0 bridgehead atoms. The summed E-state index contributed by atoms with van der Waals surface area (Å²) in [5.74, 6) is 0.666. The Kier molecular flexibility index (Phi) is 10.6. The Labute approximate surface area is 400 Å². The van der Waals surface area contributed by atoms with E-state index in [2.05, 4.69) is 115 Å². The van der Waals surface area contributed by atoms with Crippen molar-refractivity contribution in [3.8, 4) is 73.0 Å². The highest BCUT2D eigenvalue weighted by Gasteiger charge is 2.23. The molecule has 11 heteroatoms. The quantitative estimate of drug-likeness (QED) is 0.210. The van der Waals surface area contributed by atoms with Crippen LogP contribution in [0.4, 0.5) is 0 Å². The zero-order chi connectivity index (χ0) is 46.1. The van der Waals surface area contributed by atoms with Gasteiger partial charge in [0.15, 0.2) is 5.82 Å². The van der Waals surface area contributed by atoms with E-state index in [0.717, 1.165) is 72.4 Å². The normalized spacial score (nSPS) is 11.5. The van der Waals surface area contributed by atoms with E-state index in [1.165, 1.54) is 5.56 Å². The number of fused-ring (bicyclic) bond motifs is 4. The van der Waals surface area contributed by atoms with E-state index in [-0.39, 0.29) is 43.7 Å². The summed E-state index contributed by atoms with van der Waals surface area (Å²) in [6, 6.07) is 60.6. The van der Waals surface area contributed by atoms with Gasteiger partial charge in [0.05, 0.1) is 11.4 Å². The summed E-state index contributed by atoms with van der Waals surface area (Å²) in [6.45, 7) is 0. The summed E-state index contributed by atoms with van der Waals surface area (Å²) in [7, 11) is 51.9. The van der Waals surface area contributed by atoms with Gasteiger partial charge in [-0.15, -0.1) is 21.9 Å². The zero-order valence-corrected chi connectivity index (χ0v) is 36.2. The maximum Gasteiger partial charge on any atom is 0.160 e. The topological polar surface area (TPSA) is 30.7 Å². The van der Waals surface area contributed by atoms with Gasteiger partial charge in [0.2, 0.25) is 0 Å². The lowest BCUT2D eigenvalue weighted by Gasteiger charge is -2.17. The maximum atomic E-state index is 6.67. The molecule has 0 spiro atoms. The molecular weight excluding hydrogens is 801 g/mol. The van der Waals surface area contributed by atoms with Gasteiger partial charge in [-0.25, -0.2) is 9.97 Å². The van der Waals surface area contributed by atoms with Gasteiger partial charge in [0.25, 0.3) is 0 Å². The Morgan fingerprint density at radius 1 is 0.299 bits per heavy atom. The number of hydrogen-bond acceptors (Lipinski definition) is 2. The molecule has 0 aliphatic carbocycles. The van der Waals surface area contributed by atoms with E-state index in [9.17, 15) is 0 Å². The fourth-order valence-corrected chi connectivity index (χ4v) is 9.30. The second kappa shape index (κ2) is 16.8. The minimum atomic E-state index is 0.152. The first-order chi connectivity index (χ1) is 32.6. The third-order valence-corrected chi connectivity index (χ3v) is 12.9. The molecule has 0 saturated carbocycles. The van der Waals surface area contributed by atoms with Gasteiger partial charge in [-0.1, -0.05) is 180 Å². The van der Waals surface area contributed by atoms with Gasteiger partial charge in [0.1, 0.15) is 62.8 Å². The first-order valence-electron chi connectivity index (χ1n) is 21.7. The van der Waals surface area contributed by atoms with E-state index >= 15 is 0 Å². The fourth-order valence-electron chi connectivity index (χ4n) is 9.30. The highest BCUT2D eigenvalue weighted by Crippen LogP contribution is 2.38. The highest BCUT2D eigenvalue weighted by molar-refractivity contribution is 6.71. The van der Waals surface area contributed by atoms with Crippen molar-refractivity contribution in [1.29, 1.82) is 0 Å². The molecule has 0 aliphatic heterocycles. The van der Waals surface area contributed by atoms with Crippen LogP contribution in [0, 0.1) is 0 Å². The number of benzene rings is 9. The predicted octanol–water partition coefficient (Wildman–Crippen LogP) is 5.08. The van der Waals surface area contributed by atoms with Crippen molar-refractivity contribution in [3.63, 3.8) is 0 Å². The summed E-state index contributed by atoms with van der Waals surface area (Å²) >= 11 is 0. The Morgan fingerprint density at radius 2 is 0.687 bits per heavy atom. The Balaban J connectivity index is 0.956. The molecule has 0 fully saturated rings. The Hall–Kier alpha value is -7.36. The number of hydrogen-bond donors (Lipinski definition) is 0. The third kappa shape index (κ3) is 7.11. The van der Waals surface area contributed by atoms with Crippen molar-refractivity contribution < 1.29 is 0 Å². The standard InChI is InChI=1S/C56H29B8N3/c57-46-44-45-47(58)49(60)51(62)53(64)55(45)67(54(44)52(63)50(61)48(46)59)37-25-23-33(24-26-37)32-15-19-34(20-16-32)38-27-28-41(40-14-8-7-13-39(38)40)43-29-42(65-56(66-43)36-11-5-2-6-12-36)35-21-17-31(18-22-35)30-9-3-1-4-10-30/h1-29H. The molecule has 9 aromatic carbocycles. The van der Waals surface area contributed by atoms with Gasteiger partial charge in [0, 0.05) is 33.4 Å². The second-order valence-electron chi connectivity index (χ2n) is 16.7. The summed E-state index contributed by atoms with van der Waals surface area (Å²) in [4.78, 5) is 10.3. The molecule has 0 aliphatic rings. The Morgan fingerprint density at radius 3 is 1.22 bits per heavy atom. The Bertz CT molecular complexity index is 3670. The monoisotopic (exact) mass is 831 g/mol. The third-order valence-electron chi connectivity index (χ3n) is 12.9. The molecule has 0 amide bonds. The molecule has 0 atom stereocenters. The minimum absolute atomic E-state index is 0.152. The summed E-state index contributed by atoms with van der Waals surface area (Å²) in [6.07, 6.45) is 0. The second-order valence-corrected chi connectivity index (χ2v) is 16.7. The average Bonchev–Trinajstić information content (AvgIpc) is 3.75. The van der Waals surface area contributed by atoms with E-state index in [1.54, 1.807) is 0 Å². The summed E-state index contributed by atoms with van der Waals surface area (Å²) in [5.41, 5.74) is 14.5. The largest absolute Gasteiger partial charge is 0.311 e. The van der Waals surface area contributed by atoms with Crippen molar-refractivity contribution >= 4 is 139 Å². The van der Waals surface area contributed by atoms with Crippen molar-refractivity contribution in [2.24, 2.45) is 0 Å². The summed E-state index contributed by atoms with van der Waals surface area (Å²) in [5, 5.41) is 3.20. The molecule has 0 saturated heterocycles. The number of aromatic nitrogens is 3. The van der Waals surface area contributed by atoms with E-state index < -0.39 is 0 Å². The molecule has 292 valence electrons. The smallest absolute Gasteiger partial charge is 0.160 e. The van der Waals surface area contributed by atoms with E-state index in [1.807, 2.05) is 65.2 Å².